The summed E-state index contributed by atoms with van der Waals surface area (Å²) in [5.41, 5.74) is 6.77. The first kappa shape index (κ1) is 14.2. The van der Waals surface area contributed by atoms with Crippen molar-refractivity contribution in [3.63, 3.8) is 0 Å². The number of hydrogen-bond donors (Lipinski definition) is 1. The average molecular weight is 283 g/mol. The highest BCUT2D eigenvalue weighted by atomic mass is 32.2. The van der Waals surface area contributed by atoms with E-state index < -0.39 is 28.4 Å². The van der Waals surface area contributed by atoms with Gasteiger partial charge in [-0.3, -0.25) is 4.18 Å². The van der Waals surface area contributed by atoms with Crippen molar-refractivity contribution in [3.05, 3.63) is 42.5 Å². The summed E-state index contributed by atoms with van der Waals surface area (Å²) in [7, 11) is -3.84. The van der Waals surface area contributed by atoms with Gasteiger partial charge in [0.2, 0.25) is 0 Å². The molecule has 1 heterocycles. The van der Waals surface area contributed by atoms with Crippen LogP contribution >= 0.6 is 0 Å². The summed E-state index contributed by atoms with van der Waals surface area (Å²) < 4.78 is 34.8. The highest BCUT2D eigenvalue weighted by molar-refractivity contribution is 7.86. The Hall–Kier alpha value is -1.21. The summed E-state index contributed by atoms with van der Waals surface area (Å²) in [6, 6.07) is 5.96. The topological polar surface area (TPSA) is 78.6 Å². The van der Waals surface area contributed by atoms with Gasteiger partial charge in [-0.2, -0.15) is 8.42 Å². The number of benzene rings is 1. The standard InChI is InChI=1S/C13H17NO4S/c1-3-12-13(11(14)8-17-12)18-19(15,16)10-6-4-9(2)5-7-10/h3-7,11-13H,1,8,14H2,2H3/t11-,12-,13-/m0/s1. The molecule has 2 rings (SSSR count). The normalized spacial score (nSPS) is 27.4. The second kappa shape index (κ2) is 5.42. The van der Waals surface area contributed by atoms with Crippen LogP contribution in [0.25, 0.3) is 0 Å². The number of rotatable bonds is 4. The smallest absolute Gasteiger partial charge is 0.297 e. The van der Waals surface area contributed by atoms with Gasteiger partial charge in [0.05, 0.1) is 17.5 Å². The first-order valence-electron chi connectivity index (χ1n) is 5.94. The third kappa shape index (κ3) is 3.03. The summed E-state index contributed by atoms with van der Waals surface area (Å²) in [5.74, 6) is 0. The molecule has 1 aliphatic heterocycles. The fraction of sp³-hybridized carbons (Fsp3) is 0.385. The van der Waals surface area contributed by atoms with E-state index in [1.165, 1.54) is 18.2 Å². The molecule has 3 atom stereocenters. The highest BCUT2D eigenvalue weighted by Gasteiger charge is 2.38. The summed E-state index contributed by atoms with van der Waals surface area (Å²) in [5, 5.41) is 0. The molecule has 5 nitrogen and oxygen atoms in total. The molecule has 19 heavy (non-hydrogen) atoms. The van der Waals surface area contributed by atoms with Gasteiger partial charge in [-0.15, -0.1) is 6.58 Å². The molecule has 1 saturated heterocycles. The SMILES string of the molecule is C=C[C@@H]1OC[C@H](N)[C@@H]1OS(=O)(=O)c1ccc(C)cc1. The zero-order chi connectivity index (χ0) is 14.0. The van der Waals surface area contributed by atoms with E-state index in [0.29, 0.717) is 0 Å². The Morgan fingerprint density at radius 2 is 2.05 bits per heavy atom. The lowest BCUT2D eigenvalue weighted by atomic mass is 10.1. The Bertz CT molecular complexity index is 553. The second-order valence-electron chi connectivity index (χ2n) is 4.53. The van der Waals surface area contributed by atoms with Crippen LogP contribution in [-0.2, 0) is 19.0 Å². The van der Waals surface area contributed by atoms with Crippen LogP contribution in [0.3, 0.4) is 0 Å². The van der Waals surface area contributed by atoms with Crippen LogP contribution in [0.4, 0.5) is 0 Å². The molecular formula is C13H17NO4S. The van der Waals surface area contributed by atoms with Gasteiger partial charge >= 0.3 is 0 Å². The van der Waals surface area contributed by atoms with E-state index in [4.69, 9.17) is 14.7 Å². The van der Waals surface area contributed by atoms with Crippen LogP contribution in [-0.4, -0.2) is 33.3 Å². The largest absolute Gasteiger partial charge is 0.370 e. The molecule has 1 aromatic carbocycles. The molecule has 0 bridgehead atoms. The molecule has 0 saturated carbocycles. The first-order chi connectivity index (χ1) is 8.94. The van der Waals surface area contributed by atoms with Crippen molar-refractivity contribution in [1.82, 2.24) is 0 Å². The van der Waals surface area contributed by atoms with Gasteiger partial charge < -0.3 is 10.5 Å². The number of hydrogen-bond acceptors (Lipinski definition) is 5. The van der Waals surface area contributed by atoms with Crippen molar-refractivity contribution in [2.45, 2.75) is 30.1 Å². The maximum Gasteiger partial charge on any atom is 0.297 e. The van der Waals surface area contributed by atoms with Crippen molar-refractivity contribution in [2.24, 2.45) is 5.73 Å². The summed E-state index contributed by atoms with van der Waals surface area (Å²) in [6.07, 6.45) is 0.265. The number of nitrogens with two attached hydrogens (primary N) is 1. The van der Waals surface area contributed by atoms with Crippen LogP contribution in [0.2, 0.25) is 0 Å². The Morgan fingerprint density at radius 3 is 2.63 bits per heavy atom. The molecule has 0 radical (unpaired) electrons. The van der Waals surface area contributed by atoms with Gasteiger partial charge in [0.25, 0.3) is 10.1 Å². The maximum absolute atomic E-state index is 12.1. The summed E-state index contributed by atoms with van der Waals surface area (Å²) in [4.78, 5) is 0.111. The second-order valence-corrected chi connectivity index (χ2v) is 6.10. The lowest BCUT2D eigenvalue weighted by Crippen LogP contribution is -2.39. The molecule has 104 valence electrons. The predicted octanol–water partition coefficient (Wildman–Crippen LogP) is 0.981. The molecule has 0 aromatic heterocycles. The molecule has 1 aliphatic rings. The van der Waals surface area contributed by atoms with Crippen molar-refractivity contribution < 1.29 is 17.3 Å². The van der Waals surface area contributed by atoms with E-state index in [2.05, 4.69) is 6.58 Å². The quantitative estimate of drug-likeness (QED) is 0.658. The van der Waals surface area contributed by atoms with Crippen LogP contribution in [0.5, 0.6) is 0 Å². The zero-order valence-electron chi connectivity index (χ0n) is 10.7. The van der Waals surface area contributed by atoms with Gasteiger partial charge in [0, 0.05) is 0 Å². The van der Waals surface area contributed by atoms with Gasteiger partial charge in [-0.1, -0.05) is 23.8 Å². The van der Waals surface area contributed by atoms with E-state index in [0.717, 1.165) is 5.56 Å². The lowest BCUT2D eigenvalue weighted by molar-refractivity contribution is 0.0900. The summed E-state index contributed by atoms with van der Waals surface area (Å²) in [6.45, 7) is 5.72. The Balaban J connectivity index is 2.21. The minimum atomic E-state index is -3.84. The molecule has 0 amide bonds. The zero-order valence-corrected chi connectivity index (χ0v) is 11.5. The van der Waals surface area contributed by atoms with Crippen molar-refractivity contribution in [3.8, 4) is 0 Å². The van der Waals surface area contributed by atoms with Crippen molar-refractivity contribution in [1.29, 1.82) is 0 Å². The Kier molecular flexibility index (Phi) is 4.05. The fourth-order valence-corrected chi connectivity index (χ4v) is 3.02. The minimum absolute atomic E-state index is 0.111. The van der Waals surface area contributed by atoms with Crippen LogP contribution in [0.15, 0.2) is 41.8 Å². The Morgan fingerprint density at radius 1 is 1.42 bits per heavy atom. The molecule has 0 spiro atoms. The van der Waals surface area contributed by atoms with Crippen molar-refractivity contribution >= 4 is 10.1 Å². The van der Waals surface area contributed by atoms with Crippen LogP contribution < -0.4 is 5.73 Å². The third-order valence-corrected chi connectivity index (χ3v) is 4.33. The molecule has 6 heteroatoms. The van der Waals surface area contributed by atoms with Crippen LogP contribution in [0, 0.1) is 6.92 Å². The van der Waals surface area contributed by atoms with E-state index >= 15 is 0 Å². The molecule has 0 aliphatic carbocycles. The van der Waals surface area contributed by atoms with E-state index in [1.54, 1.807) is 12.1 Å². The fourth-order valence-electron chi connectivity index (χ4n) is 1.89. The van der Waals surface area contributed by atoms with Gasteiger partial charge in [0.15, 0.2) is 0 Å². The minimum Gasteiger partial charge on any atom is -0.370 e. The van der Waals surface area contributed by atoms with Gasteiger partial charge in [-0.05, 0) is 19.1 Å². The van der Waals surface area contributed by atoms with Crippen LogP contribution in [0.1, 0.15) is 5.56 Å². The molecule has 1 fully saturated rings. The summed E-state index contributed by atoms with van der Waals surface area (Å²) >= 11 is 0. The van der Waals surface area contributed by atoms with Crippen molar-refractivity contribution in [2.75, 3.05) is 6.61 Å². The third-order valence-electron chi connectivity index (χ3n) is 3.01. The predicted molar refractivity (Wildman–Crippen MR) is 71.2 cm³/mol. The molecular weight excluding hydrogens is 266 g/mol. The molecule has 1 aromatic rings. The number of aryl methyl sites for hydroxylation is 1. The molecule has 0 unspecified atom stereocenters. The van der Waals surface area contributed by atoms with Gasteiger partial charge in [-0.25, -0.2) is 0 Å². The van der Waals surface area contributed by atoms with E-state index in [-0.39, 0.29) is 11.5 Å². The average Bonchev–Trinajstić information content (AvgIpc) is 2.70. The highest BCUT2D eigenvalue weighted by Crippen LogP contribution is 2.23. The van der Waals surface area contributed by atoms with E-state index in [1.807, 2.05) is 6.92 Å². The monoisotopic (exact) mass is 283 g/mol. The lowest BCUT2D eigenvalue weighted by Gasteiger charge is -2.18. The number of ether oxygens (including phenoxy) is 1. The Labute approximate surface area is 113 Å². The molecule has 2 N–H and O–H groups in total. The first-order valence-corrected chi connectivity index (χ1v) is 7.34. The van der Waals surface area contributed by atoms with Gasteiger partial charge in [0.1, 0.15) is 12.2 Å². The van der Waals surface area contributed by atoms with E-state index in [9.17, 15) is 8.42 Å². The maximum atomic E-state index is 12.1.